The maximum atomic E-state index is 11.9. The Balaban J connectivity index is 1.55. The number of amides is 1. The number of nitrogens with one attached hydrogen (secondary N) is 1. The third-order valence-corrected chi connectivity index (χ3v) is 5.29. The molecule has 1 fully saturated rings. The summed E-state index contributed by atoms with van der Waals surface area (Å²) < 4.78 is 0. The van der Waals surface area contributed by atoms with Gasteiger partial charge in [-0.1, -0.05) is 43.2 Å². The van der Waals surface area contributed by atoms with Crippen LogP contribution in [0.3, 0.4) is 0 Å². The van der Waals surface area contributed by atoms with Gasteiger partial charge in [-0.3, -0.25) is 4.79 Å². The van der Waals surface area contributed by atoms with Gasteiger partial charge in [-0.15, -0.1) is 0 Å². The van der Waals surface area contributed by atoms with E-state index in [1.807, 2.05) is 0 Å². The molecule has 1 saturated heterocycles. The third kappa shape index (κ3) is 3.50. The predicted octanol–water partition coefficient (Wildman–Crippen LogP) is 3.57. The molecule has 0 aromatic heterocycles. The summed E-state index contributed by atoms with van der Waals surface area (Å²) in [7, 11) is 0. The Morgan fingerprint density at radius 2 is 2.17 bits per heavy atom. The number of fused-ring (bicyclic) bond motifs is 3. The molecule has 1 aliphatic heterocycles. The minimum Gasteiger partial charge on any atom is -0.356 e. The summed E-state index contributed by atoms with van der Waals surface area (Å²) in [5, 5.41) is 3.02. The lowest BCUT2D eigenvalue weighted by molar-refractivity contribution is -0.121. The van der Waals surface area contributed by atoms with Gasteiger partial charge in [0, 0.05) is 38.5 Å². The molecule has 1 atom stereocenters. The van der Waals surface area contributed by atoms with Gasteiger partial charge in [0.1, 0.15) is 0 Å². The van der Waals surface area contributed by atoms with Crippen LogP contribution in [-0.4, -0.2) is 37.0 Å². The number of benzene rings is 1. The van der Waals surface area contributed by atoms with Gasteiger partial charge >= 0.3 is 0 Å². The molecule has 3 nitrogen and oxygen atoms in total. The molecule has 1 N–H and O–H groups in total. The van der Waals surface area contributed by atoms with E-state index in [2.05, 4.69) is 48.3 Å². The molecule has 1 aromatic rings. The number of carbonyl (C=O) groups is 1. The number of rotatable bonds is 6. The number of unbranched alkanes of at least 4 members (excludes halogenated alkanes) is 1. The van der Waals surface area contributed by atoms with Gasteiger partial charge in [0.15, 0.2) is 0 Å². The van der Waals surface area contributed by atoms with Crippen molar-refractivity contribution in [1.82, 2.24) is 10.2 Å². The monoisotopic (exact) mass is 312 g/mol. The first-order chi connectivity index (χ1) is 11.2. The topological polar surface area (TPSA) is 32.3 Å². The smallest absolute Gasteiger partial charge is 0.221 e. The van der Waals surface area contributed by atoms with Gasteiger partial charge in [-0.05, 0) is 36.5 Å². The van der Waals surface area contributed by atoms with Gasteiger partial charge in [-0.25, -0.2) is 0 Å². The van der Waals surface area contributed by atoms with Crippen LogP contribution in [0.4, 0.5) is 0 Å². The van der Waals surface area contributed by atoms with Crippen LogP contribution in [0.5, 0.6) is 0 Å². The van der Waals surface area contributed by atoms with Crippen molar-refractivity contribution in [3.8, 4) is 0 Å². The average Bonchev–Trinajstić information content (AvgIpc) is 2.86. The molecule has 1 aliphatic carbocycles. The molecule has 0 radical (unpaired) electrons. The molecule has 1 unspecified atom stereocenters. The summed E-state index contributed by atoms with van der Waals surface area (Å²) in [6.45, 7) is 8.25. The highest BCUT2D eigenvalue weighted by atomic mass is 16.1. The van der Waals surface area contributed by atoms with E-state index < -0.39 is 0 Å². The molecule has 0 spiro atoms. The van der Waals surface area contributed by atoms with Crippen molar-refractivity contribution in [2.24, 2.45) is 0 Å². The molecule has 0 bridgehead atoms. The number of allylic oxidation sites excluding steroid dienone is 1. The van der Waals surface area contributed by atoms with Crippen LogP contribution >= 0.6 is 0 Å². The maximum Gasteiger partial charge on any atom is 0.221 e. The predicted molar refractivity (Wildman–Crippen MR) is 95.4 cm³/mol. The minimum atomic E-state index is 0.197. The van der Waals surface area contributed by atoms with Crippen LogP contribution in [0.2, 0.25) is 0 Å². The fraction of sp³-hybridized carbons (Fsp3) is 0.550. The van der Waals surface area contributed by atoms with E-state index >= 15 is 0 Å². The Kier molecular flexibility index (Phi) is 5.16. The van der Waals surface area contributed by atoms with E-state index in [0.29, 0.717) is 12.3 Å². The Morgan fingerprint density at radius 1 is 1.35 bits per heavy atom. The zero-order valence-electron chi connectivity index (χ0n) is 14.4. The zero-order valence-corrected chi connectivity index (χ0v) is 14.4. The SMILES string of the molecule is CCCCNC(=O)CCN1CCC2=C(C)c3ccccc3C2C1. The van der Waals surface area contributed by atoms with Gasteiger partial charge in [-0.2, -0.15) is 0 Å². The lowest BCUT2D eigenvalue weighted by Gasteiger charge is -2.33. The van der Waals surface area contributed by atoms with E-state index in [1.54, 1.807) is 5.57 Å². The normalized spacial score (nSPS) is 20.3. The van der Waals surface area contributed by atoms with E-state index in [0.717, 1.165) is 45.4 Å². The minimum absolute atomic E-state index is 0.197. The molecule has 1 aromatic carbocycles. The lowest BCUT2D eigenvalue weighted by atomic mass is 9.89. The second-order valence-corrected chi connectivity index (χ2v) is 6.79. The standard InChI is InChI=1S/C20H28N2O/c1-3-4-11-21-20(23)10-13-22-12-9-17-15(2)16-7-5-6-8-18(16)19(17)14-22/h5-8,19H,3-4,9-14H2,1-2H3,(H,21,23). The first-order valence-electron chi connectivity index (χ1n) is 8.98. The van der Waals surface area contributed by atoms with E-state index in [4.69, 9.17) is 0 Å². The van der Waals surface area contributed by atoms with Crippen molar-refractivity contribution in [2.45, 2.75) is 45.4 Å². The molecule has 3 heteroatoms. The van der Waals surface area contributed by atoms with E-state index in [-0.39, 0.29) is 5.91 Å². The van der Waals surface area contributed by atoms with Crippen molar-refractivity contribution >= 4 is 11.5 Å². The first kappa shape index (κ1) is 16.3. The fourth-order valence-electron chi connectivity index (χ4n) is 3.92. The van der Waals surface area contributed by atoms with Gasteiger partial charge in [0.05, 0.1) is 0 Å². The Hall–Kier alpha value is -1.61. The summed E-state index contributed by atoms with van der Waals surface area (Å²) in [5.74, 6) is 0.742. The second-order valence-electron chi connectivity index (χ2n) is 6.79. The number of carbonyl (C=O) groups excluding carboxylic acids is 1. The summed E-state index contributed by atoms with van der Waals surface area (Å²) in [5.41, 5.74) is 6.03. The molecule has 1 heterocycles. The molecule has 0 saturated carbocycles. The first-order valence-corrected chi connectivity index (χ1v) is 8.98. The number of likely N-dealkylation sites (tertiary alicyclic amines) is 1. The van der Waals surface area contributed by atoms with Crippen molar-refractivity contribution < 1.29 is 4.79 Å². The van der Waals surface area contributed by atoms with Crippen LogP contribution < -0.4 is 5.32 Å². The Bertz CT molecular complexity index is 605. The van der Waals surface area contributed by atoms with Crippen molar-refractivity contribution in [3.63, 3.8) is 0 Å². The average molecular weight is 312 g/mol. The van der Waals surface area contributed by atoms with E-state index in [9.17, 15) is 4.79 Å². The highest BCUT2D eigenvalue weighted by Crippen LogP contribution is 2.45. The highest BCUT2D eigenvalue weighted by Gasteiger charge is 2.33. The largest absolute Gasteiger partial charge is 0.356 e. The fourth-order valence-corrected chi connectivity index (χ4v) is 3.92. The number of hydrogen-bond donors (Lipinski definition) is 1. The second kappa shape index (κ2) is 7.31. The Labute approximate surface area is 139 Å². The Morgan fingerprint density at radius 3 is 3.00 bits per heavy atom. The molecule has 23 heavy (non-hydrogen) atoms. The molecular formula is C20H28N2O. The molecule has 1 amide bonds. The highest BCUT2D eigenvalue weighted by molar-refractivity contribution is 5.77. The molecule has 124 valence electrons. The van der Waals surface area contributed by atoms with E-state index in [1.165, 1.54) is 16.7 Å². The maximum absolute atomic E-state index is 11.9. The van der Waals surface area contributed by atoms with Gasteiger partial charge < -0.3 is 10.2 Å². The molecular weight excluding hydrogens is 284 g/mol. The summed E-state index contributed by atoms with van der Waals surface area (Å²) in [6, 6.07) is 8.81. The summed E-state index contributed by atoms with van der Waals surface area (Å²) in [6.07, 6.45) is 3.96. The third-order valence-electron chi connectivity index (χ3n) is 5.29. The van der Waals surface area contributed by atoms with Gasteiger partial charge in [0.25, 0.3) is 0 Å². The van der Waals surface area contributed by atoms with Gasteiger partial charge in [0.2, 0.25) is 5.91 Å². The van der Waals surface area contributed by atoms with Crippen LogP contribution in [-0.2, 0) is 4.79 Å². The van der Waals surface area contributed by atoms with Crippen LogP contribution in [0.15, 0.2) is 29.8 Å². The van der Waals surface area contributed by atoms with Crippen molar-refractivity contribution in [3.05, 3.63) is 41.0 Å². The number of piperidine rings is 1. The zero-order chi connectivity index (χ0) is 16.2. The van der Waals surface area contributed by atoms with Crippen LogP contribution in [0, 0.1) is 0 Å². The lowest BCUT2D eigenvalue weighted by Crippen LogP contribution is -2.37. The number of hydrogen-bond acceptors (Lipinski definition) is 2. The van der Waals surface area contributed by atoms with Crippen LogP contribution in [0.25, 0.3) is 5.57 Å². The van der Waals surface area contributed by atoms with Crippen LogP contribution in [0.1, 0.15) is 56.6 Å². The summed E-state index contributed by atoms with van der Waals surface area (Å²) >= 11 is 0. The molecule has 2 aliphatic rings. The summed E-state index contributed by atoms with van der Waals surface area (Å²) in [4.78, 5) is 14.4. The quantitative estimate of drug-likeness (QED) is 0.815. The molecule has 3 rings (SSSR count). The number of nitrogens with zero attached hydrogens (tertiary/aromatic N) is 1. The van der Waals surface area contributed by atoms with Crippen molar-refractivity contribution in [1.29, 1.82) is 0 Å². The van der Waals surface area contributed by atoms with Crippen molar-refractivity contribution in [2.75, 3.05) is 26.2 Å².